The summed E-state index contributed by atoms with van der Waals surface area (Å²) in [5, 5.41) is 10.8. The molecule has 1 aromatic heterocycles. The molecule has 1 atom stereocenters. The van der Waals surface area contributed by atoms with Crippen molar-refractivity contribution < 1.29 is 14.3 Å². The van der Waals surface area contributed by atoms with E-state index in [-0.39, 0.29) is 22.0 Å². The number of anilines is 2. The Morgan fingerprint density at radius 1 is 1.12 bits per heavy atom. The van der Waals surface area contributed by atoms with Crippen LogP contribution in [0.5, 0.6) is 0 Å². The highest BCUT2D eigenvalue weighted by Gasteiger charge is 2.23. The fraction of sp³-hybridized carbons (Fsp3) is 0.174. The first-order chi connectivity index (χ1) is 15.9. The Morgan fingerprint density at radius 2 is 1.82 bits per heavy atom. The number of ether oxygens (including phenoxy) is 1. The molecule has 3 aromatic rings. The molecule has 10 heteroatoms. The second kappa shape index (κ2) is 11.4. The zero-order chi connectivity index (χ0) is 23.8. The smallest absolute Gasteiger partial charge is 0.328 e. The molecule has 0 saturated carbocycles. The predicted octanol–water partition coefficient (Wildman–Crippen LogP) is 4.32. The van der Waals surface area contributed by atoms with Gasteiger partial charge in [-0.15, -0.1) is 5.10 Å². The fourth-order valence-corrected chi connectivity index (χ4v) is 3.53. The number of rotatable bonds is 8. The first-order valence-corrected chi connectivity index (χ1v) is 10.6. The highest BCUT2D eigenvalue weighted by Crippen LogP contribution is 2.24. The molecule has 1 amide bonds. The second-order valence-corrected chi connectivity index (χ2v) is 7.69. The predicted molar refractivity (Wildman–Crippen MR) is 128 cm³/mol. The zero-order valence-electron chi connectivity index (χ0n) is 17.9. The summed E-state index contributed by atoms with van der Waals surface area (Å²) in [5.41, 5.74) is 1.90. The summed E-state index contributed by atoms with van der Waals surface area (Å²) in [4.78, 5) is 30.8. The Balaban J connectivity index is 1.66. The van der Waals surface area contributed by atoms with Crippen molar-refractivity contribution in [3.8, 4) is 0 Å². The molecule has 0 aliphatic rings. The van der Waals surface area contributed by atoms with Crippen molar-refractivity contribution in [1.82, 2.24) is 20.5 Å². The molecule has 170 valence electrons. The molecule has 0 fully saturated rings. The van der Waals surface area contributed by atoms with Crippen LogP contribution in [0.15, 0.2) is 60.9 Å². The highest BCUT2D eigenvalue weighted by atomic mass is 35.5. The van der Waals surface area contributed by atoms with Crippen LogP contribution in [0.3, 0.4) is 0 Å². The Kier molecular flexibility index (Phi) is 8.34. The molecular weight excluding hydrogens is 465 g/mol. The van der Waals surface area contributed by atoms with Crippen molar-refractivity contribution in [2.45, 2.75) is 12.5 Å². The SMILES string of the molecule is COC(=O)C(C/C=C/c1ccc(N(C)c2nccnn2)cc1)NC(=O)c1c(Cl)cccc1Cl. The van der Waals surface area contributed by atoms with Crippen LogP contribution in [-0.2, 0) is 9.53 Å². The summed E-state index contributed by atoms with van der Waals surface area (Å²) in [6.07, 6.45) is 6.92. The van der Waals surface area contributed by atoms with E-state index in [1.54, 1.807) is 30.5 Å². The molecule has 0 bridgehead atoms. The molecule has 33 heavy (non-hydrogen) atoms. The average Bonchev–Trinajstić information content (AvgIpc) is 2.83. The van der Waals surface area contributed by atoms with E-state index < -0.39 is 17.9 Å². The minimum Gasteiger partial charge on any atom is -0.467 e. The van der Waals surface area contributed by atoms with Crippen LogP contribution in [0, 0.1) is 0 Å². The van der Waals surface area contributed by atoms with Crippen molar-refractivity contribution in [3.05, 3.63) is 82.1 Å². The first-order valence-electron chi connectivity index (χ1n) is 9.87. The van der Waals surface area contributed by atoms with Crippen molar-refractivity contribution in [3.63, 3.8) is 0 Å². The lowest BCUT2D eigenvalue weighted by Crippen LogP contribution is -2.41. The van der Waals surface area contributed by atoms with E-state index in [9.17, 15) is 9.59 Å². The van der Waals surface area contributed by atoms with Crippen LogP contribution in [0.1, 0.15) is 22.3 Å². The van der Waals surface area contributed by atoms with Crippen molar-refractivity contribution in [1.29, 1.82) is 0 Å². The maximum atomic E-state index is 12.6. The Labute approximate surface area is 201 Å². The van der Waals surface area contributed by atoms with Gasteiger partial charge in [0.1, 0.15) is 6.04 Å². The standard InChI is InChI=1S/C23H21Cl2N5O3/c1-30(23-26-13-14-27-29-23)16-11-9-15(10-12-16)5-3-8-19(22(32)33-2)28-21(31)20-17(24)6-4-7-18(20)25/h3-7,9-14,19H,8H2,1-2H3,(H,28,31)/b5-3+. The summed E-state index contributed by atoms with van der Waals surface area (Å²) in [7, 11) is 3.10. The van der Waals surface area contributed by atoms with E-state index in [0.29, 0.717) is 5.95 Å². The minimum absolute atomic E-state index is 0.107. The number of nitrogens with zero attached hydrogens (tertiary/aromatic N) is 4. The normalized spacial score (nSPS) is 11.8. The van der Waals surface area contributed by atoms with E-state index in [0.717, 1.165) is 11.3 Å². The molecule has 0 aliphatic heterocycles. The third-order valence-corrected chi connectivity index (χ3v) is 5.34. The number of halogens is 2. The minimum atomic E-state index is -0.903. The third kappa shape index (κ3) is 6.27. The van der Waals surface area contributed by atoms with Crippen molar-refractivity contribution in [2.24, 2.45) is 0 Å². The molecule has 0 spiro atoms. The number of nitrogens with one attached hydrogen (secondary N) is 1. The van der Waals surface area contributed by atoms with Crippen LogP contribution >= 0.6 is 23.2 Å². The van der Waals surface area contributed by atoms with E-state index >= 15 is 0 Å². The molecule has 8 nitrogen and oxygen atoms in total. The first kappa shape index (κ1) is 24.2. The highest BCUT2D eigenvalue weighted by molar-refractivity contribution is 6.39. The molecule has 0 aliphatic carbocycles. The summed E-state index contributed by atoms with van der Waals surface area (Å²) in [5.74, 6) is -0.653. The maximum absolute atomic E-state index is 12.6. The summed E-state index contributed by atoms with van der Waals surface area (Å²) in [6, 6.07) is 11.5. The van der Waals surface area contributed by atoms with Crippen LogP contribution in [0.4, 0.5) is 11.6 Å². The fourth-order valence-electron chi connectivity index (χ4n) is 2.96. The Hall–Kier alpha value is -3.49. The molecule has 1 unspecified atom stereocenters. The molecule has 1 N–H and O–H groups in total. The lowest BCUT2D eigenvalue weighted by atomic mass is 10.1. The average molecular weight is 486 g/mol. The van der Waals surface area contributed by atoms with Crippen LogP contribution < -0.4 is 10.2 Å². The lowest BCUT2D eigenvalue weighted by molar-refractivity contribution is -0.142. The van der Waals surface area contributed by atoms with Gasteiger partial charge in [-0.3, -0.25) is 4.79 Å². The second-order valence-electron chi connectivity index (χ2n) is 6.88. The number of carbonyl (C=O) groups excluding carboxylic acids is 2. The number of hydrogen-bond donors (Lipinski definition) is 1. The Bertz CT molecular complexity index is 1120. The number of aromatic nitrogens is 3. The van der Waals surface area contributed by atoms with Crippen LogP contribution in [-0.4, -0.2) is 47.3 Å². The van der Waals surface area contributed by atoms with Gasteiger partial charge >= 0.3 is 5.97 Å². The van der Waals surface area contributed by atoms with E-state index in [1.807, 2.05) is 42.3 Å². The van der Waals surface area contributed by atoms with Gasteiger partial charge in [0.05, 0.1) is 35.1 Å². The molecule has 3 rings (SSSR count). The number of esters is 1. The topological polar surface area (TPSA) is 97.3 Å². The van der Waals surface area contributed by atoms with Crippen molar-refractivity contribution in [2.75, 3.05) is 19.1 Å². The molecule has 1 heterocycles. The number of carbonyl (C=O) groups is 2. The number of hydrogen-bond acceptors (Lipinski definition) is 7. The van der Waals surface area contributed by atoms with Gasteiger partial charge in [0, 0.05) is 12.7 Å². The summed E-state index contributed by atoms with van der Waals surface area (Å²) < 4.78 is 4.82. The van der Waals surface area contributed by atoms with Crippen LogP contribution in [0.2, 0.25) is 10.0 Å². The van der Waals surface area contributed by atoms with Gasteiger partial charge in [0.25, 0.3) is 5.91 Å². The summed E-state index contributed by atoms with van der Waals surface area (Å²) >= 11 is 12.2. The largest absolute Gasteiger partial charge is 0.467 e. The van der Waals surface area contributed by atoms with Gasteiger partial charge in [-0.05, 0) is 36.2 Å². The van der Waals surface area contributed by atoms with Gasteiger partial charge in [-0.2, -0.15) is 5.10 Å². The van der Waals surface area contributed by atoms with Gasteiger partial charge in [-0.1, -0.05) is 53.6 Å². The zero-order valence-corrected chi connectivity index (χ0v) is 19.4. The van der Waals surface area contributed by atoms with Gasteiger partial charge < -0.3 is 15.0 Å². The third-order valence-electron chi connectivity index (χ3n) is 4.71. The summed E-state index contributed by atoms with van der Waals surface area (Å²) in [6.45, 7) is 0. The van der Waals surface area contributed by atoms with Crippen molar-refractivity contribution >= 4 is 52.8 Å². The monoisotopic (exact) mass is 485 g/mol. The van der Waals surface area contributed by atoms with E-state index in [4.69, 9.17) is 27.9 Å². The number of methoxy groups -OCH3 is 1. The Morgan fingerprint density at radius 3 is 2.42 bits per heavy atom. The van der Waals surface area contributed by atoms with Crippen LogP contribution in [0.25, 0.3) is 6.08 Å². The molecule has 0 saturated heterocycles. The van der Waals surface area contributed by atoms with E-state index in [1.165, 1.54) is 13.3 Å². The van der Waals surface area contributed by atoms with E-state index in [2.05, 4.69) is 20.5 Å². The number of amides is 1. The van der Waals surface area contributed by atoms with Gasteiger partial charge in [0.2, 0.25) is 5.95 Å². The molecule has 2 aromatic carbocycles. The molecule has 0 radical (unpaired) electrons. The number of benzene rings is 2. The quantitative estimate of drug-likeness (QED) is 0.474. The maximum Gasteiger partial charge on any atom is 0.328 e. The van der Waals surface area contributed by atoms with Gasteiger partial charge in [-0.25, -0.2) is 9.78 Å². The molecular formula is C23H21Cl2N5O3. The van der Waals surface area contributed by atoms with Gasteiger partial charge in [0.15, 0.2) is 0 Å². The lowest BCUT2D eigenvalue weighted by Gasteiger charge is -2.16.